The number of ether oxygens (including phenoxy) is 2. The summed E-state index contributed by atoms with van der Waals surface area (Å²) < 4.78 is 84.5. The third-order valence-electron chi connectivity index (χ3n) is 2.83. The van der Waals surface area contributed by atoms with Gasteiger partial charge in [0, 0.05) is 0 Å². The topological polar surface area (TPSA) is 55.8 Å². The van der Waals surface area contributed by atoms with Crippen LogP contribution in [0.2, 0.25) is 0 Å². The first-order chi connectivity index (χ1) is 11.5. The summed E-state index contributed by atoms with van der Waals surface area (Å²) in [5, 5.41) is 8.80. The van der Waals surface area contributed by atoms with Gasteiger partial charge in [-0.1, -0.05) is 12.1 Å². The van der Waals surface area contributed by atoms with Gasteiger partial charge in [0.05, 0.1) is 11.1 Å². The van der Waals surface area contributed by atoms with Crippen LogP contribution in [-0.4, -0.2) is 17.4 Å². The second kappa shape index (κ2) is 6.54. The molecule has 0 unspecified atom stereocenters. The summed E-state index contributed by atoms with van der Waals surface area (Å²) in [5.74, 6) is -3.56. The van der Waals surface area contributed by atoms with Crippen LogP contribution in [-0.2, 0) is 6.18 Å². The van der Waals surface area contributed by atoms with Gasteiger partial charge in [-0.15, -0.1) is 13.2 Å². The fourth-order valence-electron chi connectivity index (χ4n) is 1.88. The van der Waals surface area contributed by atoms with Gasteiger partial charge < -0.3 is 14.6 Å². The highest BCUT2D eigenvalue weighted by molar-refractivity contribution is 5.89. The minimum Gasteiger partial charge on any atom is -0.478 e. The lowest BCUT2D eigenvalue weighted by Gasteiger charge is -2.15. The van der Waals surface area contributed by atoms with Crippen molar-refractivity contribution in [3.05, 3.63) is 53.6 Å². The average molecular weight is 366 g/mol. The molecule has 0 aliphatic heterocycles. The van der Waals surface area contributed by atoms with Gasteiger partial charge in [-0.05, 0) is 30.3 Å². The molecule has 0 atom stereocenters. The molecule has 0 aliphatic carbocycles. The minimum absolute atomic E-state index is 0.383. The van der Waals surface area contributed by atoms with Crippen LogP contribution in [0.25, 0.3) is 0 Å². The van der Waals surface area contributed by atoms with Gasteiger partial charge in [-0.2, -0.15) is 13.2 Å². The largest absolute Gasteiger partial charge is 0.573 e. The molecular formula is C15H8F6O4. The summed E-state index contributed by atoms with van der Waals surface area (Å²) in [6.45, 7) is 0. The zero-order valence-electron chi connectivity index (χ0n) is 12.0. The molecular weight excluding hydrogens is 358 g/mol. The fraction of sp³-hybridized carbons (Fsp3) is 0.133. The van der Waals surface area contributed by atoms with Gasteiger partial charge in [0.1, 0.15) is 5.75 Å². The van der Waals surface area contributed by atoms with Gasteiger partial charge in [-0.3, -0.25) is 0 Å². The van der Waals surface area contributed by atoms with E-state index in [9.17, 15) is 31.1 Å². The normalized spacial score (nSPS) is 11.9. The zero-order valence-corrected chi connectivity index (χ0v) is 12.0. The second-order valence-electron chi connectivity index (χ2n) is 4.61. The Morgan fingerprint density at radius 2 is 1.52 bits per heavy atom. The molecule has 10 heteroatoms. The van der Waals surface area contributed by atoms with E-state index in [0.29, 0.717) is 12.1 Å². The molecule has 0 aliphatic rings. The Kier molecular flexibility index (Phi) is 4.82. The number of benzene rings is 2. The molecule has 0 radical (unpaired) electrons. The third kappa shape index (κ3) is 4.78. The molecule has 25 heavy (non-hydrogen) atoms. The second-order valence-corrected chi connectivity index (χ2v) is 4.61. The molecule has 0 spiro atoms. The van der Waals surface area contributed by atoms with Crippen LogP contribution in [0.3, 0.4) is 0 Å². The van der Waals surface area contributed by atoms with E-state index in [2.05, 4.69) is 4.74 Å². The van der Waals surface area contributed by atoms with Crippen LogP contribution in [0.15, 0.2) is 42.5 Å². The van der Waals surface area contributed by atoms with E-state index in [-0.39, 0.29) is 0 Å². The SMILES string of the molecule is O=C(O)c1ccc(Oc2ccccc2OC(F)(F)F)cc1C(F)(F)F. The monoisotopic (exact) mass is 366 g/mol. The maximum atomic E-state index is 12.9. The Balaban J connectivity index is 2.41. The van der Waals surface area contributed by atoms with Crippen molar-refractivity contribution in [2.75, 3.05) is 0 Å². The van der Waals surface area contributed by atoms with E-state index in [4.69, 9.17) is 9.84 Å². The van der Waals surface area contributed by atoms with E-state index in [1.807, 2.05) is 0 Å². The predicted molar refractivity (Wildman–Crippen MR) is 71.6 cm³/mol. The minimum atomic E-state index is -5.02. The van der Waals surface area contributed by atoms with Crippen LogP contribution < -0.4 is 9.47 Å². The van der Waals surface area contributed by atoms with E-state index < -0.39 is 46.9 Å². The van der Waals surface area contributed by atoms with Crippen LogP contribution >= 0.6 is 0 Å². The molecule has 0 aromatic heterocycles. The molecule has 0 fully saturated rings. The summed E-state index contributed by atoms with van der Waals surface area (Å²) >= 11 is 0. The number of carboxylic acid groups (broad SMARTS) is 1. The Labute approximate surface area is 136 Å². The van der Waals surface area contributed by atoms with Gasteiger partial charge >= 0.3 is 18.5 Å². The first-order valence-corrected chi connectivity index (χ1v) is 6.44. The number of carboxylic acids is 1. The quantitative estimate of drug-likeness (QED) is 0.766. The molecule has 4 nitrogen and oxygen atoms in total. The van der Waals surface area contributed by atoms with Crippen molar-refractivity contribution in [1.82, 2.24) is 0 Å². The van der Waals surface area contributed by atoms with Crippen molar-refractivity contribution >= 4 is 5.97 Å². The van der Waals surface area contributed by atoms with Crippen molar-refractivity contribution in [1.29, 1.82) is 0 Å². The molecule has 0 saturated carbocycles. The number of rotatable bonds is 4. The van der Waals surface area contributed by atoms with Gasteiger partial charge in [0.2, 0.25) is 0 Å². The number of alkyl halides is 6. The standard InChI is InChI=1S/C15H8F6O4/c16-14(17,18)10-7-8(5-6-9(10)13(22)23)24-11-3-1-2-4-12(11)25-15(19,20)21/h1-7H,(H,22,23). The first-order valence-electron chi connectivity index (χ1n) is 6.44. The lowest BCUT2D eigenvalue weighted by Crippen LogP contribution is -2.17. The van der Waals surface area contributed by atoms with Crippen molar-refractivity contribution in [3.8, 4) is 17.2 Å². The molecule has 134 valence electrons. The fourth-order valence-corrected chi connectivity index (χ4v) is 1.88. The van der Waals surface area contributed by atoms with Gasteiger partial charge in [-0.25, -0.2) is 4.79 Å². The summed E-state index contributed by atoms with van der Waals surface area (Å²) in [7, 11) is 0. The molecule has 0 heterocycles. The van der Waals surface area contributed by atoms with Gasteiger partial charge in [0.25, 0.3) is 0 Å². The van der Waals surface area contributed by atoms with E-state index in [1.54, 1.807) is 0 Å². The predicted octanol–water partition coefficient (Wildman–Crippen LogP) is 5.09. The zero-order chi connectivity index (χ0) is 18.8. The van der Waals surface area contributed by atoms with Crippen molar-refractivity contribution in [2.24, 2.45) is 0 Å². The summed E-state index contributed by atoms with van der Waals surface area (Å²) in [4.78, 5) is 10.9. The number of hydrogen-bond donors (Lipinski definition) is 1. The van der Waals surface area contributed by atoms with Gasteiger partial charge in [0.15, 0.2) is 11.5 Å². The molecule has 0 bridgehead atoms. The van der Waals surface area contributed by atoms with Crippen LogP contribution in [0.5, 0.6) is 17.2 Å². The number of hydrogen-bond acceptors (Lipinski definition) is 3. The lowest BCUT2D eigenvalue weighted by atomic mass is 10.1. The van der Waals surface area contributed by atoms with E-state index >= 15 is 0 Å². The number of para-hydroxylation sites is 2. The molecule has 1 N–H and O–H groups in total. The first kappa shape index (κ1) is 18.4. The number of aromatic carboxylic acids is 1. The maximum absolute atomic E-state index is 12.9. The lowest BCUT2D eigenvalue weighted by molar-refractivity contribution is -0.275. The Morgan fingerprint density at radius 3 is 2.04 bits per heavy atom. The molecule has 0 amide bonds. The molecule has 2 aromatic rings. The third-order valence-corrected chi connectivity index (χ3v) is 2.83. The molecule has 2 rings (SSSR count). The highest BCUT2D eigenvalue weighted by Crippen LogP contribution is 2.38. The van der Waals surface area contributed by atoms with Crippen molar-refractivity contribution < 1.29 is 45.7 Å². The summed E-state index contributed by atoms with van der Waals surface area (Å²) in [5.41, 5.74) is -2.51. The summed E-state index contributed by atoms with van der Waals surface area (Å²) in [6, 6.07) is 6.39. The highest BCUT2D eigenvalue weighted by Gasteiger charge is 2.36. The van der Waals surface area contributed by atoms with Crippen molar-refractivity contribution in [2.45, 2.75) is 12.5 Å². The molecule has 0 saturated heterocycles. The smallest absolute Gasteiger partial charge is 0.478 e. The Hall–Kier alpha value is -2.91. The van der Waals surface area contributed by atoms with Crippen LogP contribution in [0.4, 0.5) is 26.3 Å². The average Bonchev–Trinajstić information content (AvgIpc) is 2.46. The Bertz CT molecular complexity index is 782. The maximum Gasteiger partial charge on any atom is 0.573 e. The number of halogens is 6. The van der Waals surface area contributed by atoms with Crippen molar-refractivity contribution in [3.63, 3.8) is 0 Å². The van der Waals surface area contributed by atoms with Crippen LogP contribution in [0, 0.1) is 0 Å². The highest BCUT2D eigenvalue weighted by atomic mass is 19.4. The summed E-state index contributed by atoms with van der Waals surface area (Å²) in [6.07, 6.45) is -10.0. The van der Waals surface area contributed by atoms with Crippen LogP contribution in [0.1, 0.15) is 15.9 Å². The number of carbonyl (C=O) groups is 1. The van der Waals surface area contributed by atoms with E-state index in [0.717, 1.165) is 18.2 Å². The Morgan fingerprint density at radius 1 is 0.920 bits per heavy atom. The van der Waals surface area contributed by atoms with E-state index in [1.165, 1.54) is 12.1 Å². The molecule has 2 aromatic carbocycles.